The molecule has 0 spiro atoms. The highest BCUT2D eigenvalue weighted by Gasteiger charge is 1.96. The fourth-order valence-electron chi connectivity index (χ4n) is 1.61. The lowest BCUT2D eigenvalue weighted by Gasteiger charge is -2.05. The van der Waals surface area contributed by atoms with Crippen molar-refractivity contribution in [2.75, 3.05) is 26.0 Å². The number of rotatable bonds is 8. The number of benzene rings is 1. The Bertz CT molecular complexity index is 291. The van der Waals surface area contributed by atoms with Gasteiger partial charge in [-0.1, -0.05) is 12.1 Å². The highest BCUT2D eigenvalue weighted by atomic mass is 32.1. The van der Waals surface area contributed by atoms with Crippen LogP contribution in [0.2, 0.25) is 0 Å². The van der Waals surface area contributed by atoms with E-state index in [0.717, 1.165) is 31.0 Å². The number of methoxy groups -OCH3 is 1. The first-order chi connectivity index (χ1) is 7.86. The maximum absolute atomic E-state index is 5.19. The average molecular weight is 239 g/mol. The van der Waals surface area contributed by atoms with E-state index in [4.69, 9.17) is 4.74 Å². The smallest absolute Gasteiger partial charge is 0.119 e. The standard InChI is InChI=1S/C13H21NOS/c1-15-13-7-4-6-12(11-13)5-2-3-8-14-9-10-16/h4,6-7,11,14,16H,2-3,5,8-10H2,1H3. The third kappa shape index (κ3) is 5.42. The van der Waals surface area contributed by atoms with Crippen molar-refractivity contribution in [3.05, 3.63) is 29.8 Å². The lowest BCUT2D eigenvalue weighted by molar-refractivity contribution is 0.414. The molecular formula is C13H21NOS. The van der Waals surface area contributed by atoms with Crippen molar-refractivity contribution < 1.29 is 4.74 Å². The van der Waals surface area contributed by atoms with E-state index in [-0.39, 0.29) is 0 Å². The summed E-state index contributed by atoms with van der Waals surface area (Å²) < 4.78 is 5.19. The number of ether oxygens (including phenoxy) is 1. The molecule has 0 atom stereocenters. The second kappa shape index (κ2) is 8.48. The number of hydrogen-bond acceptors (Lipinski definition) is 3. The summed E-state index contributed by atoms with van der Waals surface area (Å²) in [6.45, 7) is 2.09. The summed E-state index contributed by atoms with van der Waals surface area (Å²) in [5.41, 5.74) is 1.36. The summed E-state index contributed by atoms with van der Waals surface area (Å²) in [6, 6.07) is 8.30. The molecular weight excluding hydrogens is 218 g/mol. The van der Waals surface area contributed by atoms with Gasteiger partial charge >= 0.3 is 0 Å². The summed E-state index contributed by atoms with van der Waals surface area (Å²) in [5, 5.41) is 3.34. The predicted octanol–water partition coefficient (Wildman–Crippen LogP) is 2.54. The van der Waals surface area contributed by atoms with Gasteiger partial charge < -0.3 is 10.1 Å². The van der Waals surface area contributed by atoms with Crippen molar-refractivity contribution in [1.82, 2.24) is 5.32 Å². The van der Waals surface area contributed by atoms with E-state index in [9.17, 15) is 0 Å². The van der Waals surface area contributed by atoms with Gasteiger partial charge in [0.1, 0.15) is 5.75 Å². The van der Waals surface area contributed by atoms with Crippen LogP contribution in [0, 0.1) is 0 Å². The molecule has 0 bridgehead atoms. The van der Waals surface area contributed by atoms with Gasteiger partial charge in [-0.05, 0) is 43.5 Å². The van der Waals surface area contributed by atoms with Gasteiger partial charge in [-0.2, -0.15) is 12.6 Å². The highest BCUT2D eigenvalue weighted by Crippen LogP contribution is 2.14. The molecule has 0 aliphatic carbocycles. The van der Waals surface area contributed by atoms with Crippen molar-refractivity contribution in [3.63, 3.8) is 0 Å². The molecule has 1 rings (SSSR count). The zero-order valence-corrected chi connectivity index (χ0v) is 10.8. The fraction of sp³-hybridized carbons (Fsp3) is 0.538. The third-order valence-electron chi connectivity index (χ3n) is 2.49. The molecule has 0 unspecified atom stereocenters. The van der Waals surface area contributed by atoms with Crippen molar-refractivity contribution in [1.29, 1.82) is 0 Å². The summed E-state index contributed by atoms with van der Waals surface area (Å²) >= 11 is 4.15. The molecule has 0 heterocycles. The molecule has 0 aliphatic rings. The third-order valence-corrected chi connectivity index (χ3v) is 2.72. The van der Waals surface area contributed by atoms with Gasteiger partial charge in [0.25, 0.3) is 0 Å². The van der Waals surface area contributed by atoms with Crippen LogP contribution in [0.5, 0.6) is 5.75 Å². The molecule has 1 N–H and O–H groups in total. The van der Waals surface area contributed by atoms with Crippen molar-refractivity contribution in [2.24, 2.45) is 0 Å². The number of nitrogens with one attached hydrogen (secondary N) is 1. The van der Waals surface area contributed by atoms with Crippen LogP contribution in [-0.2, 0) is 6.42 Å². The summed E-state index contributed by atoms with van der Waals surface area (Å²) in [4.78, 5) is 0. The number of unbranched alkanes of at least 4 members (excludes halogenated alkanes) is 1. The molecule has 0 saturated heterocycles. The maximum Gasteiger partial charge on any atom is 0.119 e. The number of aryl methyl sites for hydroxylation is 1. The molecule has 0 radical (unpaired) electrons. The molecule has 0 aliphatic heterocycles. The van der Waals surface area contributed by atoms with Gasteiger partial charge in [-0.3, -0.25) is 0 Å². The second-order valence-corrected chi connectivity index (χ2v) is 4.23. The summed E-state index contributed by atoms with van der Waals surface area (Å²) in [5.74, 6) is 1.86. The second-order valence-electron chi connectivity index (χ2n) is 3.78. The van der Waals surface area contributed by atoms with Crippen molar-refractivity contribution >= 4 is 12.6 Å². The van der Waals surface area contributed by atoms with E-state index in [1.807, 2.05) is 12.1 Å². The molecule has 16 heavy (non-hydrogen) atoms. The van der Waals surface area contributed by atoms with E-state index >= 15 is 0 Å². The lowest BCUT2D eigenvalue weighted by Crippen LogP contribution is -2.17. The Hall–Kier alpha value is -0.670. The van der Waals surface area contributed by atoms with Crippen LogP contribution in [-0.4, -0.2) is 26.0 Å². The van der Waals surface area contributed by atoms with Gasteiger partial charge in [0.2, 0.25) is 0 Å². The van der Waals surface area contributed by atoms with E-state index in [0.29, 0.717) is 0 Å². The zero-order valence-electron chi connectivity index (χ0n) is 9.91. The van der Waals surface area contributed by atoms with E-state index in [1.54, 1.807) is 7.11 Å². The molecule has 0 saturated carbocycles. The fourth-order valence-corrected chi connectivity index (χ4v) is 1.77. The number of hydrogen-bond donors (Lipinski definition) is 2. The first-order valence-electron chi connectivity index (χ1n) is 5.81. The van der Waals surface area contributed by atoms with Gasteiger partial charge in [0, 0.05) is 12.3 Å². The van der Waals surface area contributed by atoms with E-state index in [2.05, 4.69) is 30.1 Å². The molecule has 1 aromatic rings. The predicted molar refractivity (Wildman–Crippen MR) is 72.7 cm³/mol. The first-order valence-corrected chi connectivity index (χ1v) is 6.44. The lowest BCUT2D eigenvalue weighted by atomic mass is 10.1. The van der Waals surface area contributed by atoms with Gasteiger partial charge in [0.15, 0.2) is 0 Å². The number of thiol groups is 1. The minimum absolute atomic E-state index is 0.913. The molecule has 3 heteroatoms. The van der Waals surface area contributed by atoms with Crippen LogP contribution in [0.3, 0.4) is 0 Å². The Balaban J connectivity index is 2.16. The van der Waals surface area contributed by atoms with E-state index in [1.165, 1.54) is 18.4 Å². The Morgan fingerprint density at radius 2 is 2.12 bits per heavy atom. The largest absolute Gasteiger partial charge is 0.497 e. The molecule has 0 fully saturated rings. The molecule has 1 aromatic carbocycles. The Kier molecular flexibility index (Phi) is 7.10. The van der Waals surface area contributed by atoms with Crippen molar-refractivity contribution in [3.8, 4) is 5.75 Å². The zero-order chi connectivity index (χ0) is 11.6. The minimum Gasteiger partial charge on any atom is -0.497 e. The van der Waals surface area contributed by atoms with Crippen LogP contribution in [0.15, 0.2) is 24.3 Å². The van der Waals surface area contributed by atoms with E-state index < -0.39 is 0 Å². The van der Waals surface area contributed by atoms with Crippen LogP contribution in [0.1, 0.15) is 18.4 Å². The molecule has 0 aromatic heterocycles. The summed E-state index contributed by atoms with van der Waals surface area (Å²) in [6.07, 6.45) is 3.55. The SMILES string of the molecule is COc1cccc(CCCCNCCS)c1. The quantitative estimate of drug-likeness (QED) is 0.537. The Labute approximate surface area is 104 Å². The Morgan fingerprint density at radius 1 is 1.25 bits per heavy atom. The van der Waals surface area contributed by atoms with Crippen LogP contribution < -0.4 is 10.1 Å². The summed E-state index contributed by atoms with van der Waals surface area (Å²) in [7, 11) is 1.71. The first kappa shape index (κ1) is 13.4. The monoisotopic (exact) mass is 239 g/mol. The molecule has 2 nitrogen and oxygen atoms in total. The highest BCUT2D eigenvalue weighted by molar-refractivity contribution is 7.80. The topological polar surface area (TPSA) is 21.3 Å². The maximum atomic E-state index is 5.19. The van der Waals surface area contributed by atoms with Crippen LogP contribution >= 0.6 is 12.6 Å². The minimum atomic E-state index is 0.913. The van der Waals surface area contributed by atoms with Gasteiger partial charge in [0.05, 0.1) is 7.11 Å². The van der Waals surface area contributed by atoms with Gasteiger partial charge in [-0.25, -0.2) is 0 Å². The normalized spacial score (nSPS) is 10.4. The van der Waals surface area contributed by atoms with Crippen molar-refractivity contribution in [2.45, 2.75) is 19.3 Å². The molecule has 90 valence electrons. The average Bonchev–Trinajstić information content (AvgIpc) is 2.34. The van der Waals surface area contributed by atoms with Crippen LogP contribution in [0.25, 0.3) is 0 Å². The Morgan fingerprint density at radius 3 is 2.88 bits per heavy atom. The molecule has 0 amide bonds. The van der Waals surface area contributed by atoms with Gasteiger partial charge in [-0.15, -0.1) is 0 Å². The van der Waals surface area contributed by atoms with Crippen LogP contribution in [0.4, 0.5) is 0 Å².